The number of hydrogen-bond acceptors (Lipinski definition) is 4. The lowest BCUT2D eigenvalue weighted by molar-refractivity contribution is 0.539. The average Bonchev–Trinajstić information content (AvgIpc) is 2.92. The van der Waals surface area contributed by atoms with Crippen LogP contribution >= 0.6 is 11.6 Å². The maximum atomic E-state index is 12.2. The van der Waals surface area contributed by atoms with Crippen LogP contribution in [0.3, 0.4) is 0 Å². The number of benzene rings is 1. The second kappa shape index (κ2) is 6.55. The smallest absolute Gasteiger partial charge is 0.242 e. The quantitative estimate of drug-likeness (QED) is 0.865. The van der Waals surface area contributed by atoms with E-state index in [4.69, 9.17) is 16.9 Å². The lowest BCUT2D eigenvalue weighted by Gasteiger charge is -2.12. The fraction of sp³-hybridized carbons (Fsp3) is 0.462. The fourth-order valence-corrected chi connectivity index (χ4v) is 3.80. The van der Waals surface area contributed by atoms with Gasteiger partial charge in [-0.05, 0) is 44.0 Å². The standard InChI is InChI=1S/C13H16ClN3O2S/c14-12-4-3-10(9-15)8-13(12)20(18,19)17-7-5-11-2-1-6-16-11/h3-4,8,11,16-17H,1-2,5-7H2/t11-/m1/s1. The first-order chi connectivity index (χ1) is 9.53. The first kappa shape index (κ1) is 15.3. The number of nitriles is 1. The van der Waals surface area contributed by atoms with Gasteiger partial charge in [-0.25, -0.2) is 13.1 Å². The minimum atomic E-state index is -3.68. The zero-order valence-corrected chi connectivity index (χ0v) is 12.5. The minimum absolute atomic E-state index is 0.0439. The van der Waals surface area contributed by atoms with E-state index < -0.39 is 10.0 Å². The second-order valence-electron chi connectivity index (χ2n) is 4.74. The minimum Gasteiger partial charge on any atom is -0.314 e. The SMILES string of the molecule is N#Cc1ccc(Cl)c(S(=O)(=O)NCC[C@H]2CCCN2)c1. The molecule has 0 bridgehead atoms. The molecule has 1 aliphatic heterocycles. The van der Waals surface area contributed by atoms with E-state index in [0.717, 1.165) is 25.8 Å². The highest BCUT2D eigenvalue weighted by atomic mass is 35.5. The van der Waals surface area contributed by atoms with E-state index in [1.54, 1.807) is 0 Å². The highest BCUT2D eigenvalue weighted by Gasteiger charge is 2.20. The van der Waals surface area contributed by atoms with Crippen molar-refractivity contribution in [3.8, 4) is 6.07 Å². The Hall–Kier alpha value is -1.13. The molecule has 1 aliphatic rings. The molecule has 1 aromatic carbocycles. The van der Waals surface area contributed by atoms with E-state index in [1.165, 1.54) is 18.2 Å². The molecule has 1 atom stereocenters. The zero-order chi connectivity index (χ0) is 14.6. The molecule has 0 amide bonds. The predicted octanol–water partition coefficient (Wildman–Crippen LogP) is 1.63. The zero-order valence-electron chi connectivity index (χ0n) is 10.9. The maximum Gasteiger partial charge on any atom is 0.242 e. The molecule has 108 valence electrons. The van der Waals surface area contributed by atoms with Crippen LogP contribution < -0.4 is 10.0 Å². The molecule has 1 heterocycles. The summed E-state index contributed by atoms with van der Waals surface area (Å²) in [4.78, 5) is -0.0439. The largest absolute Gasteiger partial charge is 0.314 e. The molecule has 2 rings (SSSR count). The van der Waals surface area contributed by atoms with Crippen LogP contribution in [-0.4, -0.2) is 27.5 Å². The Bertz CT molecular complexity index is 619. The van der Waals surface area contributed by atoms with Crippen molar-refractivity contribution in [1.82, 2.24) is 10.0 Å². The lowest BCUT2D eigenvalue weighted by atomic mass is 10.2. The fourth-order valence-electron chi connectivity index (χ4n) is 2.23. The summed E-state index contributed by atoms with van der Waals surface area (Å²) in [5, 5.41) is 12.3. The summed E-state index contributed by atoms with van der Waals surface area (Å²) in [6.45, 7) is 1.35. The summed E-state index contributed by atoms with van der Waals surface area (Å²) in [6.07, 6.45) is 2.95. The predicted molar refractivity (Wildman–Crippen MR) is 77.0 cm³/mol. The van der Waals surface area contributed by atoms with Gasteiger partial charge in [0.25, 0.3) is 0 Å². The average molecular weight is 314 g/mol. The van der Waals surface area contributed by atoms with Crippen LogP contribution in [0.15, 0.2) is 23.1 Å². The summed E-state index contributed by atoms with van der Waals surface area (Å²) in [5.41, 5.74) is 0.271. The van der Waals surface area contributed by atoms with Gasteiger partial charge in [0.2, 0.25) is 10.0 Å². The molecule has 0 spiro atoms. The van der Waals surface area contributed by atoms with E-state index in [-0.39, 0.29) is 15.5 Å². The number of nitrogens with one attached hydrogen (secondary N) is 2. The van der Waals surface area contributed by atoms with E-state index in [1.807, 2.05) is 6.07 Å². The highest BCUT2D eigenvalue weighted by molar-refractivity contribution is 7.89. The topological polar surface area (TPSA) is 82.0 Å². The normalized spacial score (nSPS) is 18.9. The number of halogens is 1. The molecule has 5 nitrogen and oxygen atoms in total. The summed E-state index contributed by atoms with van der Waals surface area (Å²) in [7, 11) is -3.68. The van der Waals surface area contributed by atoms with Crippen molar-refractivity contribution in [2.75, 3.05) is 13.1 Å². The van der Waals surface area contributed by atoms with Crippen molar-refractivity contribution in [3.05, 3.63) is 28.8 Å². The first-order valence-corrected chi connectivity index (χ1v) is 8.32. The maximum absolute atomic E-state index is 12.2. The van der Waals surface area contributed by atoms with Gasteiger partial charge in [0.1, 0.15) is 4.90 Å². The van der Waals surface area contributed by atoms with Crippen molar-refractivity contribution in [2.24, 2.45) is 0 Å². The Kier molecular flexibility index (Phi) is 5.00. The summed E-state index contributed by atoms with van der Waals surface area (Å²) in [5.74, 6) is 0. The third kappa shape index (κ3) is 3.70. The molecule has 7 heteroatoms. The van der Waals surface area contributed by atoms with Crippen LogP contribution in [-0.2, 0) is 10.0 Å². The molecule has 0 radical (unpaired) electrons. The number of rotatable bonds is 5. The van der Waals surface area contributed by atoms with Crippen molar-refractivity contribution < 1.29 is 8.42 Å². The number of sulfonamides is 1. The van der Waals surface area contributed by atoms with Crippen molar-refractivity contribution in [3.63, 3.8) is 0 Å². The molecule has 20 heavy (non-hydrogen) atoms. The Morgan fingerprint density at radius 1 is 1.50 bits per heavy atom. The summed E-state index contributed by atoms with van der Waals surface area (Å²) >= 11 is 5.90. The van der Waals surface area contributed by atoms with Gasteiger partial charge in [-0.3, -0.25) is 0 Å². The molecule has 0 aromatic heterocycles. The van der Waals surface area contributed by atoms with Gasteiger partial charge in [0.15, 0.2) is 0 Å². The Balaban J connectivity index is 2.04. The molecule has 1 saturated heterocycles. The van der Waals surface area contributed by atoms with Crippen LogP contribution in [0.1, 0.15) is 24.8 Å². The molecule has 1 fully saturated rings. The van der Waals surface area contributed by atoms with Gasteiger partial charge < -0.3 is 5.32 Å². The summed E-state index contributed by atoms with van der Waals surface area (Å²) < 4.78 is 26.9. The first-order valence-electron chi connectivity index (χ1n) is 6.45. The third-order valence-electron chi connectivity index (χ3n) is 3.30. The Morgan fingerprint density at radius 2 is 2.30 bits per heavy atom. The molecule has 0 unspecified atom stereocenters. The van der Waals surface area contributed by atoms with E-state index in [0.29, 0.717) is 12.6 Å². The summed E-state index contributed by atoms with van der Waals surface area (Å²) in [6, 6.07) is 6.48. The van der Waals surface area contributed by atoms with Crippen LogP contribution in [0, 0.1) is 11.3 Å². The molecular formula is C13H16ClN3O2S. The molecule has 0 aliphatic carbocycles. The van der Waals surface area contributed by atoms with Gasteiger partial charge in [-0.1, -0.05) is 11.6 Å². The Labute approximate surface area is 124 Å². The van der Waals surface area contributed by atoms with E-state index >= 15 is 0 Å². The van der Waals surface area contributed by atoms with Gasteiger partial charge in [-0.2, -0.15) is 5.26 Å². The Morgan fingerprint density at radius 3 is 2.95 bits per heavy atom. The van der Waals surface area contributed by atoms with Crippen LogP contribution in [0.25, 0.3) is 0 Å². The van der Waals surface area contributed by atoms with E-state index in [9.17, 15) is 8.42 Å². The second-order valence-corrected chi connectivity index (χ2v) is 6.88. The molecular weight excluding hydrogens is 298 g/mol. The monoisotopic (exact) mass is 313 g/mol. The number of nitrogens with zero attached hydrogens (tertiary/aromatic N) is 1. The third-order valence-corrected chi connectivity index (χ3v) is 5.24. The van der Waals surface area contributed by atoms with Crippen molar-refractivity contribution in [1.29, 1.82) is 5.26 Å². The van der Waals surface area contributed by atoms with Gasteiger partial charge in [0, 0.05) is 12.6 Å². The van der Waals surface area contributed by atoms with Gasteiger partial charge in [-0.15, -0.1) is 0 Å². The van der Waals surface area contributed by atoms with E-state index in [2.05, 4.69) is 10.0 Å². The molecule has 1 aromatic rings. The van der Waals surface area contributed by atoms with Crippen LogP contribution in [0.4, 0.5) is 0 Å². The molecule has 0 saturated carbocycles. The number of hydrogen-bond donors (Lipinski definition) is 2. The molecule has 2 N–H and O–H groups in total. The van der Waals surface area contributed by atoms with Gasteiger partial charge >= 0.3 is 0 Å². The van der Waals surface area contributed by atoms with Crippen LogP contribution in [0.2, 0.25) is 5.02 Å². The highest BCUT2D eigenvalue weighted by Crippen LogP contribution is 2.22. The van der Waals surface area contributed by atoms with Gasteiger partial charge in [0.05, 0.1) is 16.7 Å². The van der Waals surface area contributed by atoms with Crippen molar-refractivity contribution in [2.45, 2.75) is 30.2 Å². The van der Waals surface area contributed by atoms with Crippen LogP contribution in [0.5, 0.6) is 0 Å². The lowest BCUT2D eigenvalue weighted by Crippen LogP contribution is -2.30. The van der Waals surface area contributed by atoms with Crippen molar-refractivity contribution >= 4 is 21.6 Å².